The van der Waals surface area contributed by atoms with Crippen LogP contribution in [0.25, 0.3) is 5.69 Å². The molecule has 0 atom stereocenters. The van der Waals surface area contributed by atoms with Crippen molar-refractivity contribution in [2.75, 3.05) is 32.6 Å². The van der Waals surface area contributed by atoms with Gasteiger partial charge in [-0.1, -0.05) is 43.6 Å². The van der Waals surface area contributed by atoms with Gasteiger partial charge in [0.1, 0.15) is 11.4 Å². The molecule has 0 aliphatic carbocycles. The number of methoxy groups -OCH3 is 1. The van der Waals surface area contributed by atoms with Crippen LogP contribution in [0.15, 0.2) is 53.3 Å². The fraction of sp³-hybridized carbons (Fsp3) is 0.414. The maximum absolute atomic E-state index is 13.5. The van der Waals surface area contributed by atoms with Gasteiger partial charge in [0.05, 0.1) is 30.7 Å². The van der Waals surface area contributed by atoms with Gasteiger partial charge in [-0.2, -0.15) is 0 Å². The van der Waals surface area contributed by atoms with Crippen molar-refractivity contribution < 1.29 is 19.4 Å². The lowest BCUT2D eigenvalue weighted by atomic mass is 9.82. The minimum atomic E-state index is -0.521. The summed E-state index contributed by atoms with van der Waals surface area (Å²) in [6.45, 7) is 4.56. The highest BCUT2D eigenvalue weighted by atomic mass is 35.5. The lowest BCUT2D eigenvalue weighted by Gasteiger charge is -2.24. The van der Waals surface area contributed by atoms with Crippen molar-refractivity contribution in [1.29, 1.82) is 0 Å². The molecule has 39 heavy (non-hydrogen) atoms. The summed E-state index contributed by atoms with van der Waals surface area (Å²) in [6.07, 6.45) is 0.767. The average molecular weight is 557 g/mol. The zero-order valence-corrected chi connectivity index (χ0v) is 23.9. The van der Waals surface area contributed by atoms with Gasteiger partial charge in [0.2, 0.25) is 5.91 Å². The van der Waals surface area contributed by atoms with E-state index in [2.05, 4.69) is 5.32 Å². The molecule has 0 saturated heterocycles. The number of aromatic nitrogens is 2. The van der Waals surface area contributed by atoms with E-state index >= 15 is 0 Å². The first-order valence-corrected chi connectivity index (χ1v) is 13.2. The molecule has 0 fully saturated rings. The Bertz CT molecular complexity index is 1360. The summed E-state index contributed by atoms with van der Waals surface area (Å²) in [4.78, 5) is 41.5. The first-order chi connectivity index (χ1) is 18.5. The largest absolute Gasteiger partial charge is 0.496 e. The third kappa shape index (κ3) is 7.59. The number of nitrogens with one attached hydrogen (secondary N) is 1. The van der Waals surface area contributed by atoms with E-state index in [0.29, 0.717) is 47.2 Å². The number of para-hydroxylation sites is 1. The Labute approximate surface area is 233 Å². The number of carbonyl (C=O) groups excluding carboxylic acids is 2. The molecular weight excluding hydrogens is 520 g/mol. The normalized spacial score (nSPS) is 11.6. The molecule has 2 N–H and O–H groups in total. The monoisotopic (exact) mass is 556 g/mol. The number of benzene rings is 2. The second-order valence-corrected chi connectivity index (χ2v) is 10.9. The summed E-state index contributed by atoms with van der Waals surface area (Å²) in [5.41, 5.74) is 1.04. The number of aliphatic hydroxyl groups is 1. The van der Waals surface area contributed by atoms with E-state index in [-0.39, 0.29) is 42.4 Å². The van der Waals surface area contributed by atoms with Gasteiger partial charge in [-0.05, 0) is 49.2 Å². The summed E-state index contributed by atoms with van der Waals surface area (Å²) in [5.74, 6) is 0.0185. The minimum Gasteiger partial charge on any atom is -0.496 e. The summed E-state index contributed by atoms with van der Waals surface area (Å²) >= 11 is 6.08. The van der Waals surface area contributed by atoms with Crippen LogP contribution in [0.3, 0.4) is 0 Å². The molecule has 1 amide bonds. The molecule has 0 saturated carbocycles. The lowest BCUT2D eigenvalue weighted by Crippen LogP contribution is -2.27. The van der Waals surface area contributed by atoms with Gasteiger partial charge in [0, 0.05) is 38.0 Å². The van der Waals surface area contributed by atoms with Gasteiger partial charge in [0.15, 0.2) is 5.78 Å². The number of carbonyl (C=O) groups is 2. The van der Waals surface area contributed by atoms with Crippen LogP contribution in [0.2, 0.25) is 5.02 Å². The number of hydrogen-bond donors (Lipinski definition) is 2. The Morgan fingerprint density at radius 3 is 2.49 bits per heavy atom. The Balaban J connectivity index is 1.79. The Morgan fingerprint density at radius 1 is 1.15 bits per heavy atom. The molecule has 2 aromatic carbocycles. The quantitative estimate of drug-likeness (QED) is 0.304. The molecule has 3 aromatic rings. The van der Waals surface area contributed by atoms with Crippen LogP contribution in [0.4, 0.5) is 5.69 Å². The van der Waals surface area contributed by atoms with Crippen molar-refractivity contribution in [2.24, 2.45) is 12.5 Å². The zero-order chi connectivity index (χ0) is 28.7. The summed E-state index contributed by atoms with van der Waals surface area (Å²) in [6, 6.07) is 14.1. The number of ether oxygens (including phenoxy) is 1. The number of anilines is 1. The third-order valence-corrected chi connectivity index (χ3v) is 6.92. The Hall–Kier alpha value is -3.40. The number of likely N-dealkylation sites (N-methyl/N-ethyl adjacent to an activating group) is 1. The molecule has 10 heteroatoms. The number of halogens is 1. The smallest absolute Gasteiger partial charge is 0.295 e. The van der Waals surface area contributed by atoms with Crippen LogP contribution in [0.1, 0.15) is 49.2 Å². The predicted molar refractivity (Wildman–Crippen MR) is 153 cm³/mol. The minimum absolute atomic E-state index is 0.0283. The van der Waals surface area contributed by atoms with Gasteiger partial charge in [-0.15, -0.1) is 0 Å². The topological polar surface area (TPSA) is 106 Å². The van der Waals surface area contributed by atoms with E-state index in [9.17, 15) is 19.5 Å². The van der Waals surface area contributed by atoms with Crippen molar-refractivity contribution in [3.05, 3.63) is 75.2 Å². The fourth-order valence-corrected chi connectivity index (χ4v) is 4.68. The molecule has 1 aromatic heterocycles. The number of rotatable bonds is 13. The van der Waals surface area contributed by atoms with Gasteiger partial charge in [-0.25, -0.2) is 4.68 Å². The number of Topliss-reactive ketones (excluding diaryl/α,β-unsaturated/α-hetero) is 1. The average Bonchev–Trinajstić information content (AvgIpc) is 3.11. The van der Waals surface area contributed by atoms with Crippen LogP contribution in [0.5, 0.6) is 5.75 Å². The summed E-state index contributed by atoms with van der Waals surface area (Å²) < 4.78 is 8.54. The fourth-order valence-electron chi connectivity index (χ4n) is 4.51. The Kier molecular flexibility index (Phi) is 10.1. The van der Waals surface area contributed by atoms with Crippen LogP contribution in [-0.4, -0.2) is 58.4 Å². The highest BCUT2D eigenvalue weighted by Gasteiger charge is 2.27. The summed E-state index contributed by atoms with van der Waals surface area (Å²) in [5, 5.41) is 12.6. The van der Waals surface area contributed by atoms with Crippen molar-refractivity contribution >= 4 is 29.0 Å². The Morgan fingerprint density at radius 2 is 1.85 bits per heavy atom. The van der Waals surface area contributed by atoms with Gasteiger partial charge in [0.25, 0.3) is 5.56 Å². The van der Waals surface area contributed by atoms with Crippen molar-refractivity contribution in [3.8, 4) is 11.4 Å². The molecule has 0 unspecified atom stereocenters. The van der Waals surface area contributed by atoms with E-state index in [1.807, 2.05) is 56.1 Å². The number of aliphatic hydroxyl groups excluding tert-OH is 1. The number of nitrogens with zero attached hydrogens (tertiary/aromatic N) is 3. The highest BCUT2D eigenvalue weighted by molar-refractivity contribution is 6.31. The number of amides is 1. The first kappa shape index (κ1) is 30.1. The van der Waals surface area contributed by atoms with E-state index in [4.69, 9.17) is 16.3 Å². The lowest BCUT2D eigenvalue weighted by molar-refractivity contribution is -0.118. The number of ketones is 1. The molecule has 9 nitrogen and oxygen atoms in total. The van der Waals surface area contributed by atoms with Crippen LogP contribution in [-0.2, 0) is 18.4 Å². The van der Waals surface area contributed by atoms with Crippen molar-refractivity contribution in [2.45, 2.75) is 39.7 Å². The SMILES string of the molecule is COc1ccc(Cl)cc1C(=O)CCC(C)(C)CC(=O)Nc1c(CN(C)CCO)n(C)n(-c2ccccc2)c1=O. The molecule has 0 bridgehead atoms. The van der Waals surface area contributed by atoms with Crippen molar-refractivity contribution in [3.63, 3.8) is 0 Å². The van der Waals surface area contributed by atoms with E-state index < -0.39 is 5.41 Å². The zero-order valence-electron chi connectivity index (χ0n) is 23.2. The van der Waals surface area contributed by atoms with E-state index in [1.165, 1.54) is 11.8 Å². The van der Waals surface area contributed by atoms with Crippen molar-refractivity contribution in [1.82, 2.24) is 14.3 Å². The number of hydrogen-bond acceptors (Lipinski definition) is 6. The molecular formula is C29H37ClN4O5. The molecule has 210 valence electrons. The second-order valence-electron chi connectivity index (χ2n) is 10.4. The van der Waals surface area contributed by atoms with Crippen LogP contribution >= 0.6 is 11.6 Å². The molecule has 1 heterocycles. The van der Waals surface area contributed by atoms with Gasteiger partial charge < -0.3 is 15.2 Å². The molecule has 0 radical (unpaired) electrons. The van der Waals surface area contributed by atoms with Crippen LogP contribution < -0.4 is 15.6 Å². The third-order valence-electron chi connectivity index (χ3n) is 6.68. The molecule has 3 rings (SSSR count). The van der Waals surface area contributed by atoms with E-state index in [1.54, 1.807) is 29.9 Å². The maximum Gasteiger partial charge on any atom is 0.295 e. The van der Waals surface area contributed by atoms with Gasteiger partial charge in [-0.3, -0.25) is 24.0 Å². The summed E-state index contributed by atoms with van der Waals surface area (Å²) in [7, 11) is 5.10. The molecule has 0 spiro atoms. The second kappa shape index (κ2) is 13.1. The molecule has 0 aliphatic rings. The predicted octanol–water partition coefficient (Wildman–Crippen LogP) is 4.28. The van der Waals surface area contributed by atoms with E-state index in [0.717, 1.165) is 0 Å². The van der Waals surface area contributed by atoms with Crippen LogP contribution in [0, 0.1) is 5.41 Å². The van der Waals surface area contributed by atoms with Gasteiger partial charge >= 0.3 is 0 Å². The first-order valence-electron chi connectivity index (χ1n) is 12.8. The maximum atomic E-state index is 13.5. The highest BCUT2D eigenvalue weighted by Crippen LogP contribution is 2.31. The molecule has 0 aliphatic heterocycles. The standard InChI is InChI=1S/C29H37ClN4O5/c1-29(2,14-13-24(36)22-17-20(30)11-12-25(22)39-5)18-26(37)31-27-23(19-32(3)15-16-35)33(4)34(28(27)38)21-9-7-6-8-10-21/h6-12,17,35H,13-16,18-19H2,1-5H3,(H,31,37).